The van der Waals surface area contributed by atoms with Gasteiger partial charge < -0.3 is 14.6 Å². The molecule has 1 aliphatic rings. The quantitative estimate of drug-likeness (QED) is 0.889. The summed E-state index contributed by atoms with van der Waals surface area (Å²) in [6, 6.07) is 5.87. The smallest absolute Gasteiger partial charge is 0.226 e. The average molecular weight is 258 g/mol. The summed E-state index contributed by atoms with van der Waals surface area (Å²) in [6.07, 6.45) is 0. The van der Waals surface area contributed by atoms with E-state index in [1.165, 1.54) is 0 Å². The third kappa shape index (κ3) is 2.61. The Morgan fingerprint density at radius 3 is 2.63 bits per heavy atom. The Balaban J connectivity index is 1.95. The van der Waals surface area contributed by atoms with Crippen molar-refractivity contribution in [2.24, 2.45) is 0 Å². The highest BCUT2D eigenvalue weighted by atomic mass is 16.3. The molecule has 0 bridgehead atoms. The standard InChI is InChI=1S/C14H18N4O/c1-10-9-12(13-4-3-11(2)19-13)17-14(16-10)18-7-5-15-6-8-18/h3-4,9,15H,5-8H2,1-2H3. The van der Waals surface area contributed by atoms with Crippen LogP contribution in [-0.4, -0.2) is 36.1 Å². The normalized spacial score (nSPS) is 15.8. The lowest BCUT2D eigenvalue weighted by atomic mass is 10.3. The average Bonchev–Trinajstić information content (AvgIpc) is 2.86. The Morgan fingerprint density at radius 2 is 1.95 bits per heavy atom. The van der Waals surface area contributed by atoms with Gasteiger partial charge in [-0.1, -0.05) is 0 Å². The Morgan fingerprint density at radius 1 is 1.16 bits per heavy atom. The highest BCUT2D eigenvalue weighted by molar-refractivity contribution is 5.55. The Hall–Kier alpha value is -1.88. The summed E-state index contributed by atoms with van der Waals surface area (Å²) in [5, 5.41) is 3.33. The molecule has 1 saturated heterocycles. The molecule has 100 valence electrons. The van der Waals surface area contributed by atoms with Crippen molar-refractivity contribution in [1.82, 2.24) is 15.3 Å². The molecule has 0 spiro atoms. The highest BCUT2D eigenvalue weighted by Gasteiger charge is 2.15. The number of furan rings is 1. The first-order valence-electron chi connectivity index (χ1n) is 6.60. The lowest BCUT2D eigenvalue weighted by Gasteiger charge is -2.27. The van der Waals surface area contributed by atoms with Crippen LogP contribution < -0.4 is 10.2 Å². The van der Waals surface area contributed by atoms with E-state index in [0.717, 1.165) is 55.0 Å². The van der Waals surface area contributed by atoms with E-state index in [1.807, 2.05) is 32.0 Å². The van der Waals surface area contributed by atoms with Crippen LogP contribution in [-0.2, 0) is 0 Å². The monoisotopic (exact) mass is 258 g/mol. The summed E-state index contributed by atoms with van der Waals surface area (Å²) in [7, 11) is 0. The number of nitrogens with zero attached hydrogens (tertiary/aromatic N) is 3. The van der Waals surface area contributed by atoms with Crippen molar-refractivity contribution in [1.29, 1.82) is 0 Å². The van der Waals surface area contributed by atoms with Crippen LogP contribution in [0.15, 0.2) is 22.6 Å². The van der Waals surface area contributed by atoms with Gasteiger partial charge in [0.25, 0.3) is 0 Å². The van der Waals surface area contributed by atoms with Crippen molar-refractivity contribution in [2.75, 3.05) is 31.1 Å². The summed E-state index contributed by atoms with van der Waals surface area (Å²) >= 11 is 0. The number of aryl methyl sites for hydroxylation is 2. The molecule has 1 aliphatic heterocycles. The number of hydrogen-bond donors (Lipinski definition) is 1. The molecule has 1 N–H and O–H groups in total. The van der Waals surface area contributed by atoms with Gasteiger partial charge in [0.05, 0.1) is 0 Å². The van der Waals surface area contributed by atoms with Gasteiger partial charge in [-0.3, -0.25) is 0 Å². The minimum Gasteiger partial charge on any atom is -0.460 e. The second-order valence-electron chi connectivity index (χ2n) is 4.84. The first-order chi connectivity index (χ1) is 9.22. The predicted octanol–water partition coefficient (Wildman–Crippen LogP) is 1.76. The van der Waals surface area contributed by atoms with E-state index < -0.39 is 0 Å². The summed E-state index contributed by atoms with van der Waals surface area (Å²) in [5.41, 5.74) is 1.82. The molecule has 0 saturated carbocycles. The summed E-state index contributed by atoms with van der Waals surface area (Å²) in [4.78, 5) is 11.4. The number of hydrogen-bond acceptors (Lipinski definition) is 5. The minimum atomic E-state index is 0.797. The Kier molecular flexibility index (Phi) is 3.21. The highest BCUT2D eigenvalue weighted by Crippen LogP contribution is 2.22. The van der Waals surface area contributed by atoms with Crippen LogP contribution in [0.4, 0.5) is 5.95 Å². The summed E-state index contributed by atoms with van der Waals surface area (Å²) in [6.45, 7) is 7.78. The van der Waals surface area contributed by atoms with Gasteiger partial charge in [-0.2, -0.15) is 0 Å². The second kappa shape index (κ2) is 5.01. The van der Waals surface area contributed by atoms with E-state index in [9.17, 15) is 0 Å². The van der Waals surface area contributed by atoms with Gasteiger partial charge in [0.1, 0.15) is 11.5 Å². The van der Waals surface area contributed by atoms with Crippen molar-refractivity contribution < 1.29 is 4.42 Å². The Labute approximate surface area is 112 Å². The number of piperazine rings is 1. The van der Waals surface area contributed by atoms with Crippen LogP contribution in [0.2, 0.25) is 0 Å². The van der Waals surface area contributed by atoms with Crippen LogP contribution in [0.25, 0.3) is 11.5 Å². The minimum absolute atomic E-state index is 0.797. The van der Waals surface area contributed by atoms with Crippen molar-refractivity contribution >= 4 is 5.95 Å². The van der Waals surface area contributed by atoms with Crippen LogP contribution in [0.3, 0.4) is 0 Å². The Bertz CT molecular complexity index is 573. The van der Waals surface area contributed by atoms with Gasteiger partial charge in [-0.05, 0) is 32.0 Å². The molecule has 0 atom stereocenters. The van der Waals surface area contributed by atoms with Crippen LogP contribution >= 0.6 is 0 Å². The van der Waals surface area contributed by atoms with E-state index in [2.05, 4.69) is 20.2 Å². The number of aromatic nitrogens is 2. The molecule has 0 radical (unpaired) electrons. The number of rotatable bonds is 2. The summed E-state index contributed by atoms with van der Waals surface area (Å²) in [5.74, 6) is 2.50. The molecular weight excluding hydrogens is 240 g/mol. The zero-order chi connectivity index (χ0) is 13.2. The fourth-order valence-corrected chi connectivity index (χ4v) is 2.26. The topological polar surface area (TPSA) is 54.2 Å². The fourth-order valence-electron chi connectivity index (χ4n) is 2.26. The first-order valence-corrected chi connectivity index (χ1v) is 6.60. The van der Waals surface area contributed by atoms with Gasteiger partial charge in [0, 0.05) is 31.9 Å². The molecule has 0 amide bonds. The van der Waals surface area contributed by atoms with Gasteiger partial charge in [-0.25, -0.2) is 9.97 Å². The molecular formula is C14H18N4O. The zero-order valence-electron chi connectivity index (χ0n) is 11.3. The van der Waals surface area contributed by atoms with Crippen LogP contribution in [0.1, 0.15) is 11.5 Å². The number of anilines is 1. The molecule has 0 aromatic carbocycles. The predicted molar refractivity (Wildman–Crippen MR) is 74.3 cm³/mol. The fraction of sp³-hybridized carbons (Fsp3) is 0.429. The summed E-state index contributed by atoms with van der Waals surface area (Å²) < 4.78 is 5.65. The SMILES string of the molecule is Cc1cc(-c2ccc(C)o2)nc(N2CCNCC2)n1. The van der Waals surface area contributed by atoms with Gasteiger partial charge >= 0.3 is 0 Å². The molecule has 2 aromatic heterocycles. The van der Waals surface area contributed by atoms with Crippen molar-refractivity contribution in [3.05, 3.63) is 29.7 Å². The lowest BCUT2D eigenvalue weighted by molar-refractivity contribution is 0.545. The maximum Gasteiger partial charge on any atom is 0.226 e. The van der Waals surface area contributed by atoms with Crippen LogP contribution in [0, 0.1) is 13.8 Å². The van der Waals surface area contributed by atoms with E-state index in [4.69, 9.17) is 4.42 Å². The first kappa shape index (κ1) is 12.2. The van der Waals surface area contributed by atoms with E-state index in [0.29, 0.717) is 0 Å². The molecule has 2 aromatic rings. The van der Waals surface area contributed by atoms with E-state index in [1.54, 1.807) is 0 Å². The molecule has 0 unspecified atom stereocenters. The van der Waals surface area contributed by atoms with Crippen molar-refractivity contribution in [2.45, 2.75) is 13.8 Å². The molecule has 3 rings (SSSR count). The molecule has 5 heteroatoms. The third-order valence-corrected chi connectivity index (χ3v) is 3.24. The van der Waals surface area contributed by atoms with Gasteiger partial charge in [0.2, 0.25) is 5.95 Å². The second-order valence-corrected chi connectivity index (χ2v) is 4.84. The lowest BCUT2D eigenvalue weighted by Crippen LogP contribution is -2.44. The van der Waals surface area contributed by atoms with Crippen molar-refractivity contribution in [3.8, 4) is 11.5 Å². The molecule has 19 heavy (non-hydrogen) atoms. The van der Waals surface area contributed by atoms with E-state index in [-0.39, 0.29) is 0 Å². The van der Waals surface area contributed by atoms with E-state index >= 15 is 0 Å². The van der Waals surface area contributed by atoms with Crippen LogP contribution in [0.5, 0.6) is 0 Å². The third-order valence-electron chi connectivity index (χ3n) is 3.24. The van der Waals surface area contributed by atoms with Gasteiger partial charge in [0.15, 0.2) is 5.76 Å². The molecule has 5 nitrogen and oxygen atoms in total. The molecule has 1 fully saturated rings. The zero-order valence-corrected chi connectivity index (χ0v) is 11.3. The maximum atomic E-state index is 5.65. The van der Waals surface area contributed by atoms with Crippen molar-refractivity contribution in [3.63, 3.8) is 0 Å². The maximum absolute atomic E-state index is 5.65. The molecule has 3 heterocycles. The van der Waals surface area contributed by atoms with Gasteiger partial charge in [-0.15, -0.1) is 0 Å². The largest absolute Gasteiger partial charge is 0.460 e. The number of nitrogens with one attached hydrogen (secondary N) is 1. The molecule has 0 aliphatic carbocycles.